The quantitative estimate of drug-likeness (QED) is 0.583. The van der Waals surface area contributed by atoms with Crippen LogP contribution >= 0.6 is 11.6 Å². The third-order valence-electron chi connectivity index (χ3n) is 4.45. The van der Waals surface area contributed by atoms with Crippen LogP contribution in [0.3, 0.4) is 0 Å². The predicted molar refractivity (Wildman–Crippen MR) is 111 cm³/mol. The Morgan fingerprint density at radius 1 is 0.852 bits per heavy atom. The lowest BCUT2D eigenvalue weighted by molar-refractivity contribution is -0.400. The second kappa shape index (κ2) is 7.29. The number of nitrogens with one attached hydrogen (secondary N) is 1. The number of hydrogen-bond acceptors (Lipinski definition) is 2. The molecule has 1 N–H and O–H groups in total. The molecule has 4 rings (SSSR count). The molecule has 0 amide bonds. The predicted octanol–water partition coefficient (Wildman–Crippen LogP) is 4.13. The standard InChI is InChI=1S/C23H19ClN2O/c1-26(2)19-11-9-18(10-12-19)25-21-15-23(16-6-4-3-5-7-16)27-22-13-8-17(24)14-20(21)22/h3-15H,1-2H3/p+1. The van der Waals surface area contributed by atoms with Crippen LogP contribution in [0.1, 0.15) is 0 Å². The van der Waals surface area contributed by atoms with Crippen LogP contribution in [-0.2, 0) is 0 Å². The van der Waals surface area contributed by atoms with Gasteiger partial charge in [-0.1, -0.05) is 41.9 Å². The Bertz CT molecular complexity index is 1150. The van der Waals surface area contributed by atoms with Crippen molar-refractivity contribution in [2.45, 2.75) is 0 Å². The van der Waals surface area contributed by atoms with Gasteiger partial charge in [-0.3, -0.25) is 0 Å². The highest BCUT2D eigenvalue weighted by atomic mass is 35.5. The fourth-order valence-corrected chi connectivity index (χ4v) is 3.18. The first kappa shape index (κ1) is 17.4. The van der Waals surface area contributed by atoms with Crippen LogP contribution in [-0.4, -0.2) is 14.1 Å². The van der Waals surface area contributed by atoms with Crippen molar-refractivity contribution in [3.8, 4) is 11.3 Å². The van der Waals surface area contributed by atoms with E-state index in [-0.39, 0.29) is 0 Å². The van der Waals surface area contributed by atoms with Gasteiger partial charge >= 0.3 is 0 Å². The van der Waals surface area contributed by atoms with Gasteiger partial charge in [-0.15, -0.1) is 0 Å². The summed E-state index contributed by atoms with van der Waals surface area (Å²) < 4.78 is 6.13. The number of benzene rings is 3. The number of rotatable bonds is 3. The van der Waals surface area contributed by atoms with Crippen molar-refractivity contribution < 1.29 is 9.41 Å². The number of anilines is 1. The Morgan fingerprint density at radius 2 is 1.59 bits per heavy atom. The molecule has 0 bridgehead atoms. The Labute approximate surface area is 163 Å². The Balaban J connectivity index is 1.93. The fraction of sp³-hybridized carbons (Fsp3) is 0.0870. The zero-order valence-electron chi connectivity index (χ0n) is 15.2. The van der Waals surface area contributed by atoms with Crippen LogP contribution in [0.5, 0.6) is 0 Å². The van der Waals surface area contributed by atoms with E-state index in [0.717, 1.165) is 39.0 Å². The van der Waals surface area contributed by atoms with E-state index in [4.69, 9.17) is 16.0 Å². The first-order valence-electron chi connectivity index (χ1n) is 8.76. The smallest absolute Gasteiger partial charge is 0.218 e. The molecular formula is C23H20ClN2O+. The largest absolute Gasteiger partial charge is 0.456 e. The summed E-state index contributed by atoms with van der Waals surface area (Å²) >= 11 is 6.23. The van der Waals surface area contributed by atoms with E-state index in [1.165, 1.54) is 0 Å². The maximum atomic E-state index is 6.23. The zero-order chi connectivity index (χ0) is 18.8. The molecule has 0 radical (unpaired) electrons. The maximum Gasteiger partial charge on any atom is 0.218 e. The van der Waals surface area contributed by atoms with E-state index in [0.29, 0.717) is 5.02 Å². The second-order valence-electron chi connectivity index (χ2n) is 6.60. The zero-order valence-corrected chi connectivity index (χ0v) is 16.0. The summed E-state index contributed by atoms with van der Waals surface area (Å²) in [5.41, 5.74) is 3.97. The highest BCUT2D eigenvalue weighted by Crippen LogP contribution is 2.23. The first-order valence-corrected chi connectivity index (χ1v) is 9.14. The molecule has 0 saturated heterocycles. The lowest BCUT2D eigenvalue weighted by Gasteiger charge is -2.10. The number of hydrogen-bond donors (Lipinski definition) is 1. The van der Waals surface area contributed by atoms with Gasteiger partial charge in [0.25, 0.3) is 0 Å². The SMILES string of the molecule is CN(C)c1ccc([NH+]=c2cc(-c3ccccc3)oc3ccc(Cl)cc23)cc1. The van der Waals surface area contributed by atoms with E-state index >= 15 is 0 Å². The molecule has 27 heavy (non-hydrogen) atoms. The van der Waals surface area contributed by atoms with Crippen LogP contribution < -0.4 is 15.2 Å². The minimum absolute atomic E-state index is 0.677. The Morgan fingerprint density at radius 3 is 2.30 bits per heavy atom. The highest BCUT2D eigenvalue weighted by molar-refractivity contribution is 6.31. The number of halogens is 1. The molecule has 4 aromatic rings. The molecule has 0 fully saturated rings. The summed E-state index contributed by atoms with van der Waals surface area (Å²) in [5, 5.41) is 2.57. The fourth-order valence-electron chi connectivity index (χ4n) is 3.00. The highest BCUT2D eigenvalue weighted by Gasteiger charge is 2.10. The van der Waals surface area contributed by atoms with Crippen molar-refractivity contribution in [1.82, 2.24) is 0 Å². The molecule has 1 aromatic heterocycles. The van der Waals surface area contributed by atoms with Gasteiger partial charge in [0.15, 0.2) is 0 Å². The molecule has 0 unspecified atom stereocenters. The van der Waals surface area contributed by atoms with Crippen molar-refractivity contribution in [2.75, 3.05) is 19.0 Å². The van der Waals surface area contributed by atoms with Gasteiger partial charge in [0.2, 0.25) is 11.0 Å². The molecular weight excluding hydrogens is 356 g/mol. The van der Waals surface area contributed by atoms with Gasteiger partial charge in [-0.2, -0.15) is 0 Å². The summed E-state index contributed by atoms with van der Waals surface area (Å²) in [6.07, 6.45) is 0. The summed E-state index contributed by atoms with van der Waals surface area (Å²) in [7, 11) is 4.06. The summed E-state index contributed by atoms with van der Waals surface area (Å²) in [6.45, 7) is 0. The molecule has 0 aliphatic heterocycles. The van der Waals surface area contributed by atoms with Crippen LogP contribution in [0.25, 0.3) is 22.3 Å². The summed E-state index contributed by atoms with van der Waals surface area (Å²) in [5.74, 6) is 0.804. The minimum Gasteiger partial charge on any atom is -0.456 e. The molecule has 0 aliphatic carbocycles. The number of nitrogens with zero attached hydrogens (tertiary/aromatic N) is 1. The molecule has 0 spiro atoms. The van der Waals surface area contributed by atoms with Gasteiger partial charge in [0, 0.05) is 42.5 Å². The topological polar surface area (TPSA) is 30.4 Å². The van der Waals surface area contributed by atoms with Gasteiger partial charge in [0.05, 0.1) is 11.5 Å². The van der Waals surface area contributed by atoms with E-state index in [2.05, 4.69) is 34.2 Å². The van der Waals surface area contributed by atoms with Gasteiger partial charge in [-0.25, -0.2) is 4.99 Å². The van der Waals surface area contributed by atoms with Crippen LogP contribution in [0.2, 0.25) is 5.02 Å². The van der Waals surface area contributed by atoms with Gasteiger partial charge < -0.3 is 9.32 Å². The monoisotopic (exact) mass is 375 g/mol. The molecule has 3 aromatic carbocycles. The molecule has 4 heteroatoms. The van der Waals surface area contributed by atoms with Crippen molar-refractivity contribution in [3.05, 3.63) is 89.2 Å². The van der Waals surface area contributed by atoms with E-state index in [1.807, 2.05) is 68.7 Å². The molecule has 3 nitrogen and oxygen atoms in total. The van der Waals surface area contributed by atoms with Crippen LogP contribution in [0.4, 0.5) is 11.4 Å². The molecule has 134 valence electrons. The molecule has 0 saturated carbocycles. The normalized spacial score (nSPS) is 11.7. The summed E-state index contributed by atoms with van der Waals surface area (Å²) in [6, 6.07) is 26.1. The summed E-state index contributed by atoms with van der Waals surface area (Å²) in [4.78, 5) is 5.59. The van der Waals surface area contributed by atoms with Gasteiger partial charge in [-0.05, 0) is 30.3 Å². The van der Waals surface area contributed by atoms with E-state index in [9.17, 15) is 0 Å². The second-order valence-corrected chi connectivity index (χ2v) is 7.03. The van der Waals surface area contributed by atoms with Gasteiger partial charge in [0.1, 0.15) is 11.3 Å². The molecule has 1 heterocycles. The first-order chi connectivity index (χ1) is 13.1. The minimum atomic E-state index is 0.677. The van der Waals surface area contributed by atoms with Crippen molar-refractivity contribution >= 4 is 33.9 Å². The lowest BCUT2D eigenvalue weighted by Crippen LogP contribution is -2.70. The number of fused-ring (bicyclic) bond motifs is 1. The Hall–Kier alpha value is -3.04. The van der Waals surface area contributed by atoms with Crippen molar-refractivity contribution in [3.63, 3.8) is 0 Å². The average Bonchev–Trinajstić information content (AvgIpc) is 2.69. The average molecular weight is 376 g/mol. The van der Waals surface area contributed by atoms with Crippen molar-refractivity contribution in [1.29, 1.82) is 0 Å². The van der Waals surface area contributed by atoms with E-state index < -0.39 is 0 Å². The Kier molecular flexibility index (Phi) is 4.69. The third kappa shape index (κ3) is 3.74. The van der Waals surface area contributed by atoms with E-state index in [1.54, 1.807) is 0 Å². The third-order valence-corrected chi connectivity index (χ3v) is 4.68. The maximum absolute atomic E-state index is 6.23. The van der Waals surface area contributed by atoms with Crippen molar-refractivity contribution in [2.24, 2.45) is 0 Å². The molecule has 0 aliphatic rings. The molecule has 0 atom stereocenters. The van der Waals surface area contributed by atoms with Crippen LogP contribution in [0.15, 0.2) is 83.3 Å². The lowest BCUT2D eigenvalue weighted by atomic mass is 10.1. The van der Waals surface area contributed by atoms with Crippen LogP contribution in [0, 0.1) is 0 Å².